The number of oxazole rings is 1. The average molecular weight is 529 g/mol. The van der Waals surface area contributed by atoms with Crippen LogP contribution in [-0.4, -0.2) is 17.5 Å². The fourth-order valence-corrected chi connectivity index (χ4v) is 4.07. The molecule has 196 valence electrons. The standard InChI is InChI=1S/C31H23F3N2O3/c1-20-13-15-28-26(18-20)36-30(39-28)24-19-22(35-29(37)23-11-5-6-12-25(23)31(32,33)34)14-16-27(24)38-17-7-10-21-8-3-2-4-9-21/h2-16,18-19H,17H2,1H3,(H,35,37)/b10-7+. The lowest BCUT2D eigenvalue weighted by Crippen LogP contribution is -2.18. The fourth-order valence-electron chi connectivity index (χ4n) is 4.07. The first-order chi connectivity index (χ1) is 18.8. The van der Waals surface area contributed by atoms with Gasteiger partial charge in [0.1, 0.15) is 17.9 Å². The van der Waals surface area contributed by atoms with E-state index < -0.39 is 23.2 Å². The molecule has 0 unspecified atom stereocenters. The van der Waals surface area contributed by atoms with Gasteiger partial charge in [-0.05, 0) is 66.6 Å². The zero-order valence-corrected chi connectivity index (χ0v) is 20.8. The number of nitrogens with one attached hydrogen (secondary N) is 1. The maximum Gasteiger partial charge on any atom is 0.417 e. The van der Waals surface area contributed by atoms with E-state index in [4.69, 9.17) is 9.15 Å². The molecule has 0 saturated carbocycles. The van der Waals surface area contributed by atoms with E-state index in [0.29, 0.717) is 22.4 Å². The van der Waals surface area contributed by atoms with Gasteiger partial charge in [-0.1, -0.05) is 54.6 Å². The second-order valence-electron chi connectivity index (χ2n) is 8.82. The van der Waals surface area contributed by atoms with Crippen molar-refractivity contribution in [3.05, 3.63) is 119 Å². The van der Waals surface area contributed by atoms with Crippen LogP contribution >= 0.6 is 0 Å². The van der Waals surface area contributed by atoms with E-state index in [1.807, 2.05) is 67.6 Å². The molecule has 5 aromatic rings. The lowest BCUT2D eigenvalue weighted by Gasteiger charge is -2.14. The van der Waals surface area contributed by atoms with Gasteiger partial charge in [0.15, 0.2) is 5.58 Å². The van der Waals surface area contributed by atoms with Crippen molar-refractivity contribution in [1.29, 1.82) is 0 Å². The predicted molar refractivity (Wildman–Crippen MR) is 145 cm³/mol. The van der Waals surface area contributed by atoms with Gasteiger partial charge in [-0.2, -0.15) is 13.2 Å². The summed E-state index contributed by atoms with van der Waals surface area (Å²) in [5.41, 5.74) is 2.46. The molecule has 0 fully saturated rings. The highest BCUT2D eigenvalue weighted by atomic mass is 19.4. The minimum absolute atomic E-state index is 0.242. The molecule has 0 atom stereocenters. The second kappa shape index (κ2) is 10.9. The number of anilines is 1. The maximum atomic E-state index is 13.4. The van der Waals surface area contributed by atoms with Gasteiger partial charge >= 0.3 is 6.18 Å². The number of amides is 1. The molecule has 39 heavy (non-hydrogen) atoms. The monoisotopic (exact) mass is 528 g/mol. The molecule has 1 amide bonds. The highest BCUT2D eigenvalue weighted by Crippen LogP contribution is 2.36. The molecule has 0 bridgehead atoms. The first kappa shape index (κ1) is 25.8. The molecule has 8 heteroatoms. The molecule has 4 aromatic carbocycles. The van der Waals surface area contributed by atoms with Gasteiger partial charge in [-0.25, -0.2) is 4.98 Å². The van der Waals surface area contributed by atoms with Crippen LogP contribution < -0.4 is 10.1 Å². The Morgan fingerprint density at radius 3 is 2.54 bits per heavy atom. The van der Waals surface area contributed by atoms with Crippen molar-refractivity contribution in [1.82, 2.24) is 4.98 Å². The van der Waals surface area contributed by atoms with Crippen molar-refractivity contribution < 1.29 is 27.1 Å². The third-order valence-electron chi connectivity index (χ3n) is 5.93. The minimum Gasteiger partial charge on any atom is -0.489 e. The molecule has 0 saturated heterocycles. The quantitative estimate of drug-likeness (QED) is 0.231. The third-order valence-corrected chi connectivity index (χ3v) is 5.93. The lowest BCUT2D eigenvalue weighted by molar-refractivity contribution is -0.137. The van der Waals surface area contributed by atoms with Crippen LogP contribution in [0.15, 0.2) is 101 Å². The van der Waals surface area contributed by atoms with Crippen molar-refractivity contribution in [2.75, 3.05) is 11.9 Å². The molecular weight excluding hydrogens is 505 g/mol. The molecule has 0 aliphatic heterocycles. The molecule has 0 spiro atoms. The van der Waals surface area contributed by atoms with E-state index in [1.54, 1.807) is 18.2 Å². The summed E-state index contributed by atoms with van der Waals surface area (Å²) in [5.74, 6) is -0.198. The van der Waals surface area contributed by atoms with Crippen LogP contribution in [-0.2, 0) is 6.18 Å². The molecule has 1 N–H and O–H groups in total. The summed E-state index contributed by atoms with van der Waals surface area (Å²) < 4.78 is 52.3. The Morgan fingerprint density at radius 1 is 0.974 bits per heavy atom. The number of hydrogen-bond acceptors (Lipinski definition) is 4. The number of carbonyl (C=O) groups excluding carboxylic acids is 1. The molecule has 0 aliphatic carbocycles. The summed E-state index contributed by atoms with van der Waals surface area (Å²) in [7, 11) is 0. The number of carbonyl (C=O) groups is 1. The van der Waals surface area contributed by atoms with E-state index in [1.165, 1.54) is 12.1 Å². The number of benzene rings is 4. The van der Waals surface area contributed by atoms with E-state index in [2.05, 4.69) is 10.3 Å². The van der Waals surface area contributed by atoms with Crippen LogP contribution in [0.5, 0.6) is 5.75 Å². The first-order valence-corrected chi connectivity index (χ1v) is 12.1. The van der Waals surface area contributed by atoms with Crippen LogP contribution in [0.3, 0.4) is 0 Å². The molecular formula is C31H23F3N2O3. The largest absolute Gasteiger partial charge is 0.489 e. The van der Waals surface area contributed by atoms with Crippen LogP contribution in [0.2, 0.25) is 0 Å². The number of halogens is 3. The van der Waals surface area contributed by atoms with Crippen LogP contribution in [0, 0.1) is 6.92 Å². The maximum absolute atomic E-state index is 13.4. The molecule has 1 heterocycles. The van der Waals surface area contributed by atoms with E-state index in [-0.39, 0.29) is 18.2 Å². The number of nitrogens with zero attached hydrogens (tertiary/aromatic N) is 1. The Balaban J connectivity index is 1.46. The van der Waals surface area contributed by atoms with Crippen LogP contribution in [0.1, 0.15) is 27.0 Å². The Hall–Kier alpha value is -4.85. The third kappa shape index (κ3) is 6.01. The van der Waals surface area contributed by atoms with Gasteiger partial charge in [0.25, 0.3) is 5.91 Å². The van der Waals surface area contributed by atoms with E-state index in [9.17, 15) is 18.0 Å². The van der Waals surface area contributed by atoms with Gasteiger partial charge in [-0.15, -0.1) is 0 Å². The summed E-state index contributed by atoms with van der Waals surface area (Å²) in [6.07, 6.45) is -0.882. The highest BCUT2D eigenvalue weighted by Gasteiger charge is 2.34. The summed E-state index contributed by atoms with van der Waals surface area (Å²) in [6, 6.07) is 24.7. The first-order valence-electron chi connectivity index (χ1n) is 12.1. The second-order valence-corrected chi connectivity index (χ2v) is 8.82. The van der Waals surface area contributed by atoms with Crippen molar-refractivity contribution in [3.63, 3.8) is 0 Å². The SMILES string of the molecule is Cc1ccc2oc(-c3cc(NC(=O)c4ccccc4C(F)(F)F)ccc3OC/C=C/c3ccccc3)nc2c1. The van der Waals surface area contributed by atoms with Gasteiger partial charge in [-0.3, -0.25) is 4.79 Å². The minimum atomic E-state index is -4.67. The molecule has 5 rings (SSSR count). The number of aromatic nitrogens is 1. The molecule has 1 aromatic heterocycles. The Labute approximate surface area is 222 Å². The number of fused-ring (bicyclic) bond motifs is 1. The summed E-state index contributed by atoms with van der Waals surface area (Å²) in [6.45, 7) is 2.18. The Morgan fingerprint density at radius 2 is 1.74 bits per heavy atom. The van der Waals surface area contributed by atoms with E-state index in [0.717, 1.165) is 23.3 Å². The van der Waals surface area contributed by atoms with Crippen LogP contribution in [0.25, 0.3) is 28.6 Å². The van der Waals surface area contributed by atoms with Crippen molar-refractivity contribution in [2.24, 2.45) is 0 Å². The number of hydrogen-bond donors (Lipinski definition) is 1. The average Bonchev–Trinajstić information content (AvgIpc) is 3.35. The van der Waals surface area contributed by atoms with Crippen molar-refractivity contribution >= 4 is 28.8 Å². The number of rotatable bonds is 7. The van der Waals surface area contributed by atoms with Gasteiger partial charge < -0.3 is 14.5 Å². The van der Waals surface area contributed by atoms with Crippen molar-refractivity contribution in [2.45, 2.75) is 13.1 Å². The summed E-state index contributed by atoms with van der Waals surface area (Å²) in [4.78, 5) is 17.4. The number of alkyl halides is 3. The summed E-state index contributed by atoms with van der Waals surface area (Å²) >= 11 is 0. The van der Waals surface area contributed by atoms with Gasteiger partial charge in [0.2, 0.25) is 5.89 Å². The predicted octanol–water partition coefficient (Wildman–Crippen LogP) is 8.17. The molecule has 5 nitrogen and oxygen atoms in total. The highest BCUT2D eigenvalue weighted by molar-refractivity contribution is 6.05. The fraction of sp³-hybridized carbons (Fsp3) is 0.0968. The Kier molecular flexibility index (Phi) is 7.19. The smallest absolute Gasteiger partial charge is 0.417 e. The zero-order chi connectivity index (χ0) is 27.4. The summed E-state index contributed by atoms with van der Waals surface area (Å²) in [5, 5.41) is 2.56. The number of aryl methyl sites for hydroxylation is 1. The van der Waals surface area contributed by atoms with Gasteiger partial charge in [0.05, 0.1) is 16.7 Å². The van der Waals surface area contributed by atoms with Crippen LogP contribution in [0.4, 0.5) is 18.9 Å². The van der Waals surface area contributed by atoms with Crippen molar-refractivity contribution in [3.8, 4) is 17.2 Å². The molecule has 0 radical (unpaired) electrons. The lowest BCUT2D eigenvalue weighted by atomic mass is 10.1. The van der Waals surface area contributed by atoms with Gasteiger partial charge in [0, 0.05) is 5.69 Å². The Bertz CT molecular complexity index is 1660. The normalized spacial score (nSPS) is 11.7. The zero-order valence-electron chi connectivity index (χ0n) is 20.8. The topological polar surface area (TPSA) is 64.4 Å². The number of ether oxygens (including phenoxy) is 1. The van der Waals surface area contributed by atoms with E-state index >= 15 is 0 Å². The molecule has 0 aliphatic rings.